The molecule has 2 N–H and O–H groups in total. The van der Waals surface area contributed by atoms with Crippen LogP contribution in [0.25, 0.3) is 0 Å². The molecule has 0 bridgehead atoms. The van der Waals surface area contributed by atoms with E-state index in [-0.39, 0.29) is 30.5 Å². The Kier molecular flexibility index (Phi) is 5.55. The first-order valence-corrected chi connectivity index (χ1v) is 9.30. The zero-order chi connectivity index (χ0) is 17.8. The maximum Gasteiger partial charge on any atom is 0.348 e. The van der Waals surface area contributed by atoms with Gasteiger partial charge in [-0.3, -0.25) is 9.36 Å². The molecule has 1 aliphatic carbocycles. The zero-order valence-corrected chi connectivity index (χ0v) is 14.9. The summed E-state index contributed by atoms with van der Waals surface area (Å²) in [6.07, 6.45) is 2.64. The molecule has 6 nitrogen and oxygen atoms in total. The first kappa shape index (κ1) is 17.7. The minimum Gasteiger partial charge on any atom is -0.395 e. The summed E-state index contributed by atoms with van der Waals surface area (Å²) in [6.45, 7) is 2.16. The maximum atomic E-state index is 12.2. The van der Waals surface area contributed by atoms with Gasteiger partial charge in [0.2, 0.25) is 5.91 Å². The van der Waals surface area contributed by atoms with Crippen LogP contribution in [-0.2, 0) is 24.2 Å². The molecule has 1 aromatic carbocycles. The first-order chi connectivity index (χ1) is 12.1. The van der Waals surface area contributed by atoms with Gasteiger partial charge in [-0.25, -0.2) is 4.79 Å². The van der Waals surface area contributed by atoms with Crippen molar-refractivity contribution < 1.29 is 9.90 Å². The number of rotatable bonds is 6. The van der Waals surface area contributed by atoms with Crippen molar-refractivity contribution in [2.45, 2.75) is 37.8 Å². The van der Waals surface area contributed by atoms with Crippen LogP contribution in [0.5, 0.6) is 0 Å². The standard InChI is InChI=1S/C18H21N3O3S/c1-12-4-2-5-13(10-12)19-16(23)11-25-17-14-6-3-7-15(14)21(8-9-22)18(24)20-17/h2,4-5,10,22H,3,6-9,11H2,1H3,(H,19,23). The number of aromatic nitrogens is 2. The molecule has 0 radical (unpaired) electrons. The van der Waals surface area contributed by atoms with Crippen molar-refractivity contribution in [3.63, 3.8) is 0 Å². The molecule has 1 aliphatic rings. The fraction of sp³-hybridized carbons (Fsp3) is 0.389. The summed E-state index contributed by atoms with van der Waals surface area (Å²) < 4.78 is 1.55. The number of hydrogen-bond acceptors (Lipinski definition) is 5. The van der Waals surface area contributed by atoms with E-state index < -0.39 is 0 Å². The molecule has 2 aromatic rings. The molecule has 7 heteroatoms. The van der Waals surface area contributed by atoms with E-state index in [1.807, 2.05) is 31.2 Å². The Labute approximate surface area is 150 Å². The Bertz CT molecular complexity index is 848. The number of amides is 1. The summed E-state index contributed by atoms with van der Waals surface area (Å²) in [7, 11) is 0. The molecular formula is C18H21N3O3S. The molecule has 3 rings (SSSR count). The average molecular weight is 359 g/mol. The highest BCUT2D eigenvalue weighted by atomic mass is 32.2. The van der Waals surface area contributed by atoms with Crippen LogP contribution >= 0.6 is 11.8 Å². The predicted molar refractivity (Wildman–Crippen MR) is 98.1 cm³/mol. The minimum absolute atomic E-state index is 0.0839. The number of nitrogens with one attached hydrogen (secondary N) is 1. The third kappa shape index (κ3) is 4.11. The molecule has 0 unspecified atom stereocenters. The van der Waals surface area contributed by atoms with Gasteiger partial charge in [-0.15, -0.1) is 0 Å². The van der Waals surface area contributed by atoms with Crippen LogP contribution in [0.3, 0.4) is 0 Å². The zero-order valence-electron chi connectivity index (χ0n) is 14.1. The lowest BCUT2D eigenvalue weighted by atomic mass is 10.2. The fourth-order valence-electron chi connectivity index (χ4n) is 3.09. The van der Waals surface area contributed by atoms with Gasteiger partial charge in [-0.2, -0.15) is 4.98 Å². The van der Waals surface area contributed by atoms with Crippen LogP contribution < -0.4 is 11.0 Å². The number of nitrogens with zero attached hydrogens (tertiary/aromatic N) is 2. The van der Waals surface area contributed by atoms with Crippen LogP contribution in [0.1, 0.15) is 23.2 Å². The molecule has 0 aliphatic heterocycles. The van der Waals surface area contributed by atoms with E-state index in [1.165, 1.54) is 11.8 Å². The third-order valence-electron chi connectivity index (χ3n) is 4.17. The molecule has 0 spiro atoms. The lowest BCUT2D eigenvalue weighted by Gasteiger charge is -2.13. The van der Waals surface area contributed by atoms with Crippen LogP contribution in [0, 0.1) is 6.92 Å². The van der Waals surface area contributed by atoms with Gasteiger partial charge in [0.05, 0.1) is 18.9 Å². The maximum absolute atomic E-state index is 12.2. The Morgan fingerprint density at radius 3 is 3.00 bits per heavy atom. The number of aryl methyl sites for hydroxylation is 1. The smallest absolute Gasteiger partial charge is 0.348 e. The first-order valence-electron chi connectivity index (χ1n) is 8.31. The highest BCUT2D eigenvalue weighted by molar-refractivity contribution is 8.00. The van der Waals surface area contributed by atoms with Crippen molar-refractivity contribution in [2.24, 2.45) is 0 Å². The summed E-state index contributed by atoms with van der Waals surface area (Å²) in [5.74, 6) is 0.0836. The minimum atomic E-state index is -0.351. The number of hydrogen-bond donors (Lipinski definition) is 2. The van der Waals surface area contributed by atoms with E-state index in [2.05, 4.69) is 10.3 Å². The highest BCUT2D eigenvalue weighted by Crippen LogP contribution is 2.29. The van der Waals surface area contributed by atoms with Crippen molar-refractivity contribution in [3.8, 4) is 0 Å². The van der Waals surface area contributed by atoms with E-state index in [1.54, 1.807) is 4.57 Å². The largest absolute Gasteiger partial charge is 0.395 e. The second-order valence-corrected chi connectivity index (χ2v) is 7.02. The average Bonchev–Trinajstić information content (AvgIpc) is 3.05. The van der Waals surface area contributed by atoms with Gasteiger partial charge in [0.1, 0.15) is 5.03 Å². The molecule has 132 valence electrons. The topological polar surface area (TPSA) is 84.2 Å². The molecule has 25 heavy (non-hydrogen) atoms. The lowest BCUT2D eigenvalue weighted by Crippen LogP contribution is -2.28. The van der Waals surface area contributed by atoms with E-state index in [0.29, 0.717) is 5.03 Å². The number of carbonyl (C=O) groups is 1. The van der Waals surface area contributed by atoms with Gasteiger partial charge >= 0.3 is 5.69 Å². The van der Waals surface area contributed by atoms with Crippen LogP contribution in [0.15, 0.2) is 34.1 Å². The summed E-state index contributed by atoms with van der Waals surface area (Å²) >= 11 is 1.30. The Balaban J connectivity index is 1.71. The van der Waals surface area contributed by atoms with Crippen molar-refractivity contribution >= 4 is 23.4 Å². The van der Waals surface area contributed by atoms with Crippen LogP contribution in [0.2, 0.25) is 0 Å². The second kappa shape index (κ2) is 7.84. The van der Waals surface area contributed by atoms with Gasteiger partial charge < -0.3 is 10.4 Å². The summed E-state index contributed by atoms with van der Waals surface area (Å²) in [5, 5.41) is 12.6. The molecule has 1 aromatic heterocycles. The molecule has 1 amide bonds. The second-order valence-electron chi connectivity index (χ2n) is 6.06. The SMILES string of the molecule is Cc1cccc(NC(=O)CSc2nc(=O)n(CCO)c3c2CCC3)c1. The number of thioether (sulfide) groups is 1. The van der Waals surface area contributed by atoms with Gasteiger partial charge in [0.15, 0.2) is 0 Å². The van der Waals surface area contributed by atoms with Crippen LogP contribution in [-0.4, -0.2) is 32.9 Å². The molecule has 1 heterocycles. The van der Waals surface area contributed by atoms with E-state index >= 15 is 0 Å². The van der Waals surface area contributed by atoms with Gasteiger partial charge in [0.25, 0.3) is 0 Å². The molecule has 0 saturated carbocycles. The third-order valence-corrected chi connectivity index (χ3v) is 5.18. The lowest BCUT2D eigenvalue weighted by molar-refractivity contribution is -0.113. The van der Waals surface area contributed by atoms with E-state index in [0.717, 1.165) is 41.8 Å². The van der Waals surface area contributed by atoms with Crippen LogP contribution in [0.4, 0.5) is 5.69 Å². The normalized spacial score (nSPS) is 12.9. The number of aliphatic hydroxyl groups is 1. The number of aliphatic hydroxyl groups excluding tert-OH is 1. The van der Waals surface area contributed by atoms with Gasteiger partial charge in [0, 0.05) is 16.9 Å². The predicted octanol–water partition coefficient (Wildman–Crippen LogP) is 1.76. The quantitative estimate of drug-likeness (QED) is 0.606. The Morgan fingerprint density at radius 2 is 2.24 bits per heavy atom. The summed E-state index contributed by atoms with van der Waals surface area (Å²) in [6, 6.07) is 7.63. The fourth-order valence-corrected chi connectivity index (χ4v) is 3.97. The molecule has 0 fully saturated rings. The highest BCUT2D eigenvalue weighted by Gasteiger charge is 2.22. The van der Waals surface area contributed by atoms with Crippen molar-refractivity contribution in [1.82, 2.24) is 9.55 Å². The number of carbonyl (C=O) groups excluding carboxylic acids is 1. The number of anilines is 1. The summed E-state index contributed by atoms with van der Waals surface area (Å²) in [4.78, 5) is 28.5. The van der Waals surface area contributed by atoms with Gasteiger partial charge in [-0.1, -0.05) is 23.9 Å². The van der Waals surface area contributed by atoms with Gasteiger partial charge in [-0.05, 0) is 43.9 Å². The molecule has 0 atom stereocenters. The van der Waals surface area contributed by atoms with Crippen molar-refractivity contribution in [2.75, 3.05) is 17.7 Å². The van der Waals surface area contributed by atoms with Crippen molar-refractivity contribution in [3.05, 3.63) is 51.6 Å². The Hall–Kier alpha value is -2.12. The number of fused-ring (bicyclic) bond motifs is 1. The van der Waals surface area contributed by atoms with Crippen molar-refractivity contribution in [1.29, 1.82) is 0 Å². The van der Waals surface area contributed by atoms with E-state index in [9.17, 15) is 9.59 Å². The summed E-state index contributed by atoms with van der Waals surface area (Å²) in [5.41, 5.74) is 3.49. The Morgan fingerprint density at radius 1 is 1.40 bits per heavy atom. The van der Waals surface area contributed by atoms with E-state index in [4.69, 9.17) is 5.11 Å². The molecular weight excluding hydrogens is 338 g/mol. The monoisotopic (exact) mass is 359 g/mol. The molecule has 0 saturated heterocycles. The number of benzene rings is 1.